The molecule has 124 valence electrons. The monoisotopic (exact) mass is 334 g/mol. The van der Waals surface area contributed by atoms with Gasteiger partial charge in [-0.3, -0.25) is 0 Å². The van der Waals surface area contributed by atoms with Crippen molar-refractivity contribution in [2.75, 3.05) is 11.9 Å². The SMILES string of the molecule is CC(C)Oc1ccccc1NC(=O)NCC(C)(O)c1cccs1. The lowest BCUT2D eigenvalue weighted by molar-refractivity contribution is 0.0637. The minimum absolute atomic E-state index is 0.0144. The molecule has 0 saturated carbocycles. The highest BCUT2D eigenvalue weighted by Gasteiger charge is 2.25. The molecule has 1 aromatic carbocycles. The Kier molecular flexibility index (Phi) is 5.63. The second kappa shape index (κ2) is 7.48. The summed E-state index contributed by atoms with van der Waals surface area (Å²) in [6.45, 7) is 5.64. The van der Waals surface area contributed by atoms with Crippen molar-refractivity contribution in [2.24, 2.45) is 0 Å². The van der Waals surface area contributed by atoms with Gasteiger partial charge in [0.25, 0.3) is 0 Å². The van der Waals surface area contributed by atoms with Gasteiger partial charge in [0.05, 0.1) is 18.3 Å². The third-order valence-electron chi connectivity index (χ3n) is 3.14. The maximum absolute atomic E-state index is 12.1. The Bertz CT molecular complexity index is 639. The van der Waals surface area contributed by atoms with Gasteiger partial charge in [0, 0.05) is 4.88 Å². The van der Waals surface area contributed by atoms with Crippen LogP contribution in [0.3, 0.4) is 0 Å². The minimum Gasteiger partial charge on any atom is -0.489 e. The van der Waals surface area contributed by atoms with E-state index in [0.717, 1.165) is 4.88 Å². The second-order valence-electron chi connectivity index (χ2n) is 5.72. The van der Waals surface area contributed by atoms with E-state index in [-0.39, 0.29) is 18.7 Å². The van der Waals surface area contributed by atoms with E-state index >= 15 is 0 Å². The van der Waals surface area contributed by atoms with Crippen LogP contribution in [0.1, 0.15) is 25.6 Å². The van der Waals surface area contributed by atoms with Gasteiger partial charge in [0.15, 0.2) is 0 Å². The van der Waals surface area contributed by atoms with Gasteiger partial charge in [-0.2, -0.15) is 0 Å². The van der Waals surface area contributed by atoms with Gasteiger partial charge in [0.2, 0.25) is 0 Å². The van der Waals surface area contributed by atoms with Crippen molar-refractivity contribution in [1.82, 2.24) is 5.32 Å². The van der Waals surface area contributed by atoms with Crippen LogP contribution in [0.15, 0.2) is 41.8 Å². The smallest absolute Gasteiger partial charge is 0.319 e. The average molecular weight is 334 g/mol. The Morgan fingerprint density at radius 3 is 2.70 bits per heavy atom. The van der Waals surface area contributed by atoms with E-state index in [0.29, 0.717) is 11.4 Å². The maximum Gasteiger partial charge on any atom is 0.319 e. The molecule has 2 amide bonds. The minimum atomic E-state index is -1.10. The van der Waals surface area contributed by atoms with Crippen LogP contribution in [0.5, 0.6) is 5.75 Å². The fraction of sp³-hybridized carbons (Fsp3) is 0.353. The Labute approximate surface area is 140 Å². The molecule has 0 aliphatic rings. The number of amides is 2. The van der Waals surface area contributed by atoms with Crippen LogP contribution in [-0.2, 0) is 5.60 Å². The van der Waals surface area contributed by atoms with Crippen molar-refractivity contribution >= 4 is 23.1 Å². The topological polar surface area (TPSA) is 70.6 Å². The summed E-state index contributed by atoms with van der Waals surface area (Å²) < 4.78 is 5.66. The molecule has 0 aliphatic heterocycles. The Balaban J connectivity index is 1.95. The summed E-state index contributed by atoms with van der Waals surface area (Å²) in [5, 5.41) is 17.7. The molecule has 0 saturated heterocycles. The molecule has 1 unspecified atom stereocenters. The first-order valence-electron chi connectivity index (χ1n) is 7.45. The molecular weight excluding hydrogens is 312 g/mol. The molecule has 2 aromatic rings. The summed E-state index contributed by atoms with van der Waals surface area (Å²) in [5.41, 5.74) is -0.506. The molecule has 0 bridgehead atoms. The van der Waals surface area contributed by atoms with Crippen molar-refractivity contribution in [3.8, 4) is 5.75 Å². The summed E-state index contributed by atoms with van der Waals surface area (Å²) in [6.07, 6.45) is 0.0144. The molecular formula is C17H22N2O3S. The quantitative estimate of drug-likeness (QED) is 0.756. The Morgan fingerprint density at radius 2 is 2.04 bits per heavy atom. The van der Waals surface area contributed by atoms with Crippen LogP contribution in [-0.4, -0.2) is 23.8 Å². The highest BCUT2D eigenvalue weighted by atomic mass is 32.1. The summed E-state index contributed by atoms with van der Waals surface area (Å²) >= 11 is 1.45. The third-order valence-corrected chi connectivity index (χ3v) is 4.27. The number of ether oxygens (including phenoxy) is 1. The van der Waals surface area contributed by atoms with Crippen LogP contribution >= 0.6 is 11.3 Å². The van der Waals surface area contributed by atoms with Crippen molar-refractivity contribution < 1.29 is 14.6 Å². The number of thiophene rings is 1. The van der Waals surface area contributed by atoms with E-state index in [2.05, 4.69) is 10.6 Å². The number of hydrogen-bond donors (Lipinski definition) is 3. The van der Waals surface area contributed by atoms with Crippen molar-refractivity contribution in [2.45, 2.75) is 32.5 Å². The van der Waals surface area contributed by atoms with Crippen molar-refractivity contribution in [3.05, 3.63) is 46.7 Å². The molecule has 0 aliphatic carbocycles. The van der Waals surface area contributed by atoms with Crippen LogP contribution in [0, 0.1) is 0 Å². The molecule has 1 atom stereocenters. The number of rotatable bonds is 6. The highest BCUT2D eigenvalue weighted by Crippen LogP contribution is 2.26. The zero-order valence-corrected chi connectivity index (χ0v) is 14.3. The largest absolute Gasteiger partial charge is 0.489 e. The summed E-state index contributed by atoms with van der Waals surface area (Å²) in [4.78, 5) is 12.9. The normalized spacial score (nSPS) is 13.4. The third kappa shape index (κ3) is 4.97. The summed E-state index contributed by atoms with van der Waals surface area (Å²) in [6, 6.07) is 10.6. The number of carbonyl (C=O) groups excluding carboxylic acids is 1. The van der Waals surface area contributed by atoms with E-state index in [9.17, 15) is 9.90 Å². The van der Waals surface area contributed by atoms with Crippen molar-refractivity contribution in [1.29, 1.82) is 0 Å². The van der Waals surface area contributed by atoms with Gasteiger partial charge < -0.3 is 20.5 Å². The summed E-state index contributed by atoms with van der Waals surface area (Å²) in [5.74, 6) is 0.614. The number of hydrogen-bond acceptors (Lipinski definition) is 4. The molecule has 23 heavy (non-hydrogen) atoms. The molecule has 0 spiro atoms. The predicted molar refractivity (Wildman–Crippen MR) is 93.1 cm³/mol. The van der Waals surface area contributed by atoms with Crippen LogP contribution < -0.4 is 15.4 Å². The lowest BCUT2D eigenvalue weighted by Crippen LogP contribution is -2.40. The van der Waals surface area contributed by atoms with Gasteiger partial charge in [0.1, 0.15) is 11.4 Å². The van der Waals surface area contributed by atoms with Gasteiger partial charge in [-0.25, -0.2) is 4.79 Å². The number of para-hydroxylation sites is 2. The number of nitrogens with one attached hydrogen (secondary N) is 2. The van der Waals surface area contributed by atoms with Crippen LogP contribution in [0.4, 0.5) is 10.5 Å². The zero-order valence-electron chi connectivity index (χ0n) is 13.5. The predicted octanol–water partition coefficient (Wildman–Crippen LogP) is 3.56. The first-order valence-corrected chi connectivity index (χ1v) is 8.33. The standard InChI is InChI=1S/C17H22N2O3S/c1-12(2)22-14-8-5-4-7-13(14)19-16(20)18-11-17(3,21)15-9-6-10-23-15/h4-10,12,21H,11H2,1-3H3,(H2,18,19,20). The van der Waals surface area contributed by atoms with Gasteiger partial charge in [-0.15, -0.1) is 11.3 Å². The zero-order chi connectivity index (χ0) is 16.9. The molecule has 5 nitrogen and oxygen atoms in total. The number of urea groups is 1. The first-order chi connectivity index (χ1) is 10.9. The van der Waals surface area contributed by atoms with Crippen LogP contribution in [0.25, 0.3) is 0 Å². The fourth-order valence-corrected chi connectivity index (χ4v) is 2.80. The maximum atomic E-state index is 12.1. The number of anilines is 1. The van der Waals surface area contributed by atoms with Crippen molar-refractivity contribution in [3.63, 3.8) is 0 Å². The van der Waals surface area contributed by atoms with Gasteiger partial charge >= 0.3 is 6.03 Å². The molecule has 3 N–H and O–H groups in total. The molecule has 6 heteroatoms. The number of carbonyl (C=O) groups is 1. The van der Waals surface area contributed by atoms with E-state index in [1.165, 1.54) is 11.3 Å². The molecule has 0 radical (unpaired) electrons. The fourth-order valence-electron chi connectivity index (χ4n) is 2.02. The van der Waals surface area contributed by atoms with Gasteiger partial charge in [-0.1, -0.05) is 18.2 Å². The van der Waals surface area contributed by atoms with Gasteiger partial charge in [-0.05, 0) is 44.4 Å². The highest BCUT2D eigenvalue weighted by molar-refractivity contribution is 7.10. The molecule has 0 fully saturated rings. The van der Waals surface area contributed by atoms with E-state index in [1.54, 1.807) is 19.1 Å². The second-order valence-corrected chi connectivity index (χ2v) is 6.67. The molecule has 1 aromatic heterocycles. The van der Waals surface area contributed by atoms with E-state index < -0.39 is 5.60 Å². The Hall–Kier alpha value is -2.05. The first kappa shape index (κ1) is 17.3. The van der Waals surface area contributed by atoms with E-state index in [4.69, 9.17) is 4.74 Å². The average Bonchev–Trinajstić information content (AvgIpc) is 3.02. The Morgan fingerprint density at radius 1 is 1.30 bits per heavy atom. The lowest BCUT2D eigenvalue weighted by atomic mass is 10.1. The van der Waals surface area contributed by atoms with E-state index in [1.807, 2.05) is 43.5 Å². The summed E-state index contributed by atoms with van der Waals surface area (Å²) in [7, 11) is 0. The molecule has 2 rings (SSSR count). The number of aliphatic hydroxyl groups is 1. The number of benzene rings is 1. The lowest BCUT2D eigenvalue weighted by Gasteiger charge is -2.22. The molecule has 1 heterocycles. The van der Waals surface area contributed by atoms with Crippen LogP contribution in [0.2, 0.25) is 0 Å².